The summed E-state index contributed by atoms with van der Waals surface area (Å²) in [4.78, 5) is 0.245. The highest BCUT2D eigenvalue weighted by Gasteiger charge is 2.14. The Hall–Kier alpha value is -2.53. The molecule has 0 saturated carbocycles. The number of hydrogen-bond donors (Lipinski definition) is 1. The van der Waals surface area contributed by atoms with Crippen LogP contribution in [-0.4, -0.2) is 15.0 Å². The van der Waals surface area contributed by atoms with E-state index in [1.807, 2.05) is 30.3 Å². The Morgan fingerprint density at radius 2 is 1.64 bits per heavy atom. The fraction of sp³-hybridized carbons (Fsp3) is 0.200. The average Bonchev–Trinajstić information content (AvgIpc) is 2.63. The van der Waals surface area contributed by atoms with E-state index in [4.69, 9.17) is 4.74 Å². The van der Waals surface area contributed by atoms with E-state index in [-0.39, 0.29) is 4.90 Å². The summed E-state index contributed by atoms with van der Waals surface area (Å²) in [6.45, 7) is 2.77. The molecule has 0 aliphatic carbocycles. The summed E-state index contributed by atoms with van der Waals surface area (Å²) in [5.74, 6) is 0.738. The molecule has 3 rings (SSSR count). The van der Waals surface area contributed by atoms with Crippen LogP contribution in [0.2, 0.25) is 0 Å². The maximum absolute atomic E-state index is 12.6. The highest BCUT2D eigenvalue weighted by molar-refractivity contribution is 7.92. The van der Waals surface area contributed by atoms with Crippen molar-refractivity contribution in [3.05, 3.63) is 66.7 Å². The van der Waals surface area contributed by atoms with Crippen molar-refractivity contribution in [2.24, 2.45) is 0 Å². The van der Waals surface area contributed by atoms with Crippen LogP contribution >= 0.6 is 0 Å². The van der Waals surface area contributed by atoms with Gasteiger partial charge in [0.15, 0.2) is 0 Å². The molecule has 25 heavy (non-hydrogen) atoms. The fourth-order valence-corrected chi connectivity index (χ4v) is 3.60. The lowest BCUT2D eigenvalue weighted by Crippen LogP contribution is -2.12. The Labute approximate surface area is 148 Å². The topological polar surface area (TPSA) is 55.4 Å². The highest BCUT2D eigenvalue weighted by atomic mass is 32.2. The first-order chi connectivity index (χ1) is 12.1. The molecule has 3 aromatic carbocycles. The number of benzene rings is 3. The Morgan fingerprint density at radius 1 is 0.920 bits per heavy atom. The number of fused-ring (bicyclic) bond motifs is 1. The molecule has 0 spiro atoms. The molecular formula is C20H21NO3S. The lowest BCUT2D eigenvalue weighted by Gasteiger charge is -2.10. The van der Waals surface area contributed by atoms with Gasteiger partial charge in [0.25, 0.3) is 10.0 Å². The first kappa shape index (κ1) is 17.3. The molecule has 0 bridgehead atoms. The van der Waals surface area contributed by atoms with Gasteiger partial charge in [-0.25, -0.2) is 8.42 Å². The Bertz CT molecular complexity index is 950. The molecule has 0 fully saturated rings. The molecule has 0 aliphatic rings. The van der Waals surface area contributed by atoms with E-state index >= 15 is 0 Å². The zero-order chi connectivity index (χ0) is 17.7. The summed E-state index contributed by atoms with van der Waals surface area (Å²) in [6, 6.07) is 19.7. The molecule has 0 radical (unpaired) electrons. The van der Waals surface area contributed by atoms with E-state index in [1.165, 1.54) is 0 Å². The van der Waals surface area contributed by atoms with Gasteiger partial charge in [-0.2, -0.15) is 0 Å². The van der Waals surface area contributed by atoms with Crippen molar-refractivity contribution < 1.29 is 13.2 Å². The van der Waals surface area contributed by atoms with Crippen molar-refractivity contribution >= 4 is 26.5 Å². The first-order valence-electron chi connectivity index (χ1n) is 8.33. The van der Waals surface area contributed by atoms with Gasteiger partial charge in [-0.1, -0.05) is 43.7 Å². The molecule has 0 saturated heterocycles. The van der Waals surface area contributed by atoms with E-state index in [1.54, 1.807) is 36.4 Å². The van der Waals surface area contributed by atoms with Crippen molar-refractivity contribution in [3.8, 4) is 5.75 Å². The van der Waals surface area contributed by atoms with Gasteiger partial charge in [0.05, 0.1) is 11.5 Å². The third kappa shape index (κ3) is 4.31. The molecule has 0 amide bonds. The summed E-state index contributed by atoms with van der Waals surface area (Å²) in [6.07, 6.45) is 2.07. The third-order valence-electron chi connectivity index (χ3n) is 3.90. The van der Waals surface area contributed by atoms with Crippen LogP contribution in [-0.2, 0) is 10.0 Å². The first-order valence-corrected chi connectivity index (χ1v) is 9.81. The molecule has 4 nitrogen and oxygen atoms in total. The quantitative estimate of drug-likeness (QED) is 0.618. The lowest BCUT2D eigenvalue weighted by molar-refractivity contribution is 0.309. The molecule has 0 aromatic heterocycles. The van der Waals surface area contributed by atoms with Crippen LogP contribution in [0.15, 0.2) is 71.6 Å². The maximum Gasteiger partial charge on any atom is 0.261 e. The number of unbranched alkanes of at least 4 members (excludes halogenated alkanes) is 1. The summed E-state index contributed by atoms with van der Waals surface area (Å²) >= 11 is 0. The zero-order valence-corrected chi connectivity index (χ0v) is 14.9. The van der Waals surface area contributed by atoms with Gasteiger partial charge in [-0.3, -0.25) is 4.72 Å². The van der Waals surface area contributed by atoms with Crippen LogP contribution in [0.25, 0.3) is 10.8 Å². The van der Waals surface area contributed by atoms with Gasteiger partial charge >= 0.3 is 0 Å². The van der Waals surface area contributed by atoms with Gasteiger partial charge in [0, 0.05) is 5.69 Å². The molecule has 3 aromatic rings. The zero-order valence-electron chi connectivity index (χ0n) is 14.1. The summed E-state index contributed by atoms with van der Waals surface area (Å²) in [5, 5.41) is 1.90. The monoisotopic (exact) mass is 355 g/mol. The van der Waals surface area contributed by atoms with Gasteiger partial charge < -0.3 is 4.74 Å². The summed E-state index contributed by atoms with van der Waals surface area (Å²) in [5.41, 5.74) is 0.510. The molecule has 1 N–H and O–H groups in total. The summed E-state index contributed by atoms with van der Waals surface area (Å²) in [7, 11) is -3.63. The highest BCUT2D eigenvalue weighted by Crippen LogP contribution is 2.22. The van der Waals surface area contributed by atoms with Crippen molar-refractivity contribution in [1.82, 2.24) is 0 Å². The molecule has 0 atom stereocenters. The van der Waals surface area contributed by atoms with Crippen molar-refractivity contribution in [3.63, 3.8) is 0 Å². The van der Waals surface area contributed by atoms with Crippen LogP contribution in [0, 0.1) is 0 Å². The number of sulfonamides is 1. The Kier molecular flexibility index (Phi) is 5.24. The van der Waals surface area contributed by atoms with Gasteiger partial charge in [-0.05, 0) is 53.6 Å². The van der Waals surface area contributed by atoms with Crippen molar-refractivity contribution in [2.45, 2.75) is 24.7 Å². The van der Waals surface area contributed by atoms with E-state index in [0.29, 0.717) is 12.3 Å². The SMILES string of the molecule is CCCCOc1ccc(NS(=O)(=O)c2ccc3ccccc3c2)cc1. The van der Waals surface area contributed by atoms with Crippen LogP contribution in [0.4, 0.5) is 5.69 Å². The minimum absolute atomic E-state index is 0.245. The van der Waals surface area contributed by atoms with Crippen LogP contribution in [0.3, 0.4) is 0 Å². The molecule has 0 heterocycles. The molecule has 130 valence electrons. The van der Waals surface area contributed by atoms with E-state index in [9.17, 15) is 8.42 Å². The van der Waals surface area contributed by atoms with Crippen LogP contribution in [0.5, 0.6) is 5.75 Å². The van der Waals surface area contributed by atoms with Crippen LogP contribution < -0.4 is 9.46 Å². The largest absolute Gasteiger partial charge is 0.494 e. The minimum Gasteiger partial charge on any atom is -0.494 e. The molecular weight excluding hydrogens is 334 g/mol. The fourth-order valence-electron chi connectivity index (χ4n) is 2.50. The second-order valence-electron chi connectivity index (χ2n) is 5.84. The normalized spacial score (nSPS) is 11.4. The number of anilines is 1. The smallest absolute Gasteiger partial charge is 0.261 e. The summed E-state index contributed by atoms with van der Waals surface area (Å²) < 4.78 is 33.4. The van der Waals surface area contributed by atoms with Gasteiger partial charge in [-0.15, -0.1) is 0 Å². The molecule has 0 unspecified atom stereocenters. The van der Waals surface area contributed by atoms with E-state index in [0.717, 1.165) is 29.4 Å². The van der Waals surface area contributed by atoms with E-state index < -0.39 is 10.0 Å². The number of hydrogen-bond acceptors (Lipinski definition) is 3. The second-order valence-corrected chi connectivity index (χ2v) is 7.52. The number of ether oxygens (including phenoxy) is 1. The van der Waals surface area contributed by atoms with Crippen LogP contribution in [0.1, 0.15) is 19.8 Å². The van der Waals surface area contributed by atoms with Crippen molar-refractivity contribution in [2.75, 3.05) is 11.3 Å². The molecule has 0 aliphatic heterocycles. The maximum atomic E-state index is 12.6. The van der Waals surface area contributed by atoms with E-state index in [2.05, 4.69) is 11.6 Å². The average molecular weight is 355 g/mol. The third-order valence-corrected chi connectivity index (χ3v) is 5.28. The Balaban J connectivity index is 1.76. The lowest BCUT2D eigenvalue weighted by atomic mass is 10.1. The predicted octanol–water partition coefficient (Wildman–Crippen LogP) is 4.82. The standard InChI is InChI=1S/C20H21NO3S/c1-2-3-14-24-19-11-9-18(10-12-19)21-25(22,23)20-13-8-16-6-4-5-7-17(16)15-20/h4-13,15,21H,2-3,14H2,1H3. The van der Waals surface area contributed by atoms with Crippen molar-refractivity contribution in [1.29, 1.82) is 0 Å². The minimum atomic E-state index is -3.63. The number of nitrogens with one attached hydrogen (secondary N) is 1. The second kappa shape index (κ2) is 7.57. The number of rotatable bonds is 7. The molecule has 5 heteroatoms. The van der Waals surface area contributed by atoms with Gasteiger partial charge in [0.2, 0.25) is 0 Å². The Morgan fingerprint density at radius 3 is 2.36 bits per heavy atom. The predicted molar refractivity (Wildman–Crippen MR) is 102 cm³/mol. The van der Waals surface area contributed by atoms with Gasteiger partial charge in [0.1, 0.15) is 5.75 Å².